The molecule has 0 radical (unpaired) electrons. The van der Waals surface area contributed by atoms with Gasteiger partial charge < -0.3 is 19.3 Å². The molecule has 1 N–H and O–H groups in total. The van der Waals surface area contributed by atoms with Gasteiger partial charge in [0, 0.05) is 15.0 Å². The van der Waals surface area contributed by atoms with Crippen molar-refractivity contribution in [1.82, 2.24) is 0 Å². The fraction of sp³-hybridized carbons (Fsp3) is 0.200. The van der Waals surface area contributed by atoms with Crippen molar-refractivity contribution in [1.29, 1.82) is 0 Å². The van der Waals surface area contributed by atoms with Crippen molar-refractivity contribution < 1.29 is 19.3 Å². The van der Waals surface area contributed by atoms with Crippen LogP contribution in [-0.4, -0.2) is 26.4 Å². The van der Waals surface area contributed by atoms with Crippen LogP contribution in [0.25, 0.3) is 22.2 Å². The highest BCUT2D eigenvalue weighted by Gasteiger charge is 2.12. The molecule has 0 fully saturated rings. The van der Waals surface area contributed by atoms with E-state index in [0.717, 1.165) is 21.2 Å². The van der Waals surface area contributed by atoms with E-state index in [1.165, 1.54) is 4.88 Å². The number of phenols is 1. The molecule has 3 aromatic rings. The van der Waals surface area contributed by atoms with Crippen LogP contribution in [-0.2, 0) is 0 Å². The van der Waals surface area contributed by atoms with E-state index in [9.17, 15) is 5.11 Å². The Bertz CT molecular complexity index is 915. The topological polar surface area (TPSA) is 47.9 Å². The van der Waals surface area contributed by atoms with Crippen LogP contribution >= 0.6 is 11.3 Å². The molecule has 1 heterocycles. The van der Waals surface area contributed by atoms with Gasteiger partial charge in [-0.1, -0.05) is 12.2 Å². The van der Waals surface area contributed by atoms with Gasteiger partial charge in [-0.2, -0.15) is 0 Å². The molecule has 0 amide bonds. The molecule has 2 aromatic carbocycles. The molecule has 5 heteroatoms. The Labute approximate surface area is 150 Å². The van der Waals surface area contributed by atoms with Crippen LogP contribution in [0.4, 0.5) is 0 Å². The van der Waals surface area contributed by atoms with Gasteiger partial charge in [-0.25, -0.2) is 0 Å². The quantitative estimate of drug-likeness (QED) is 0.645. The average molecular weight is 356 g/mol. The van der Waals surface area contributed by atoms with Gasteiger partial charge in [0.15, 0.2) is 11.5 Å². The molecular weight excluding hydrogens is 336 g/mol. The first-order valence-electron chi connectivity index (χ1n) is 7.77. The summed E-state index contributed by atoms with van der Waals surface area (Å²) in [4.78, 5) is 1.18. The number of hydrogen-bond donors (Lipinski definition) is 1. The summed E-state index contributed by atoms with van der Waals surface area (Å²) in [7, 11) is 4.77. The number of aryl methyl sites for hydroxylation is 1. The molecule has 0 spiro atoms. The normalized spacial score (nSPS) is 11.2. The summed E-state index contributed by atoms with van der Waals surface area (Å²) < 4.78 is 17.2. The maximum atomic E-state index is 10.2. The van der Waals surface area contributed by atoms with E-state index in [1.54, 1.807) is 38.7 Å². The van der Waals surface area contributed by atoms with Crippen LogP contribution < -0.4 is 14.2 Å². The summed E-state index contributed by atoms with van der Waals surface area (Å²) in [6.07, 6.45) is 3.90. The van der Waals surface area contributed by atoms with E-state index in [0.29, 0.717) is 23.0 Å². The molecule has 0 saturated carbocycles. The van der Waals surface area contributed by atoms with Crippen molar-refractivity contribution in [2.75, 3.05) is 21.3 Å². The third-order valence-corrected chi connectivity index (χ3v) is 4.91. The summed E-state index contributed by atoms with van der Waals surface area (Å²) in [6, 6.07) is 9.60. The number of phenolic OH excluding ortho intramolecular Hbond substituents is 1. The number of thiophene rings is 1. The van der Waals surface area contributed by atoms with Crippen molar-refractivity contribution in [3.8, 4) is 23.0 Å². The smallest absolute Gasteiger partial charge is 0.203 e. The molecule has 1 aromatic heterocycles. The molecule has 4 nitrogen and oxygen atoms in total. The zero-order valence-corrected chi connectivity index (χ0v) is 15.4. The number of methoxy groups -OCH3 is 3. The minimum Gasteiger partial charge on any atom is -0.507 e. The Balaban J connectivity index is 1.99. The van der Waals surface area contributed by atoms with Crippen LogP contribution in [0.3, 0.4) is 0 Å². The minimum absolute atomic E-state index is 0.298. The lowest BCUT2D eigenvalue weighted by Crippen LogP contribution is -1.95. The first kappa shape index (κ1) is 17.2. The Morgan fingerprint density at radius 2 is 1.44 bits per heavy atom. The van der Waals surface area contributed by atoms with Gasteiger partial charge in [0.05, 0.1) is 21.3 Å². The Morgan fingerprint density at radius 1 is 0.840 bits per heavy atom. The maximum absolute atomic E-state index is 10.2. The number of benzene rings is 2. The molecule has 130 valence electrons. The third-order valence-electron chi connectivity index (χ3n) is 3.92. The molecule has 0 aliphatic heterocycles. The second kappa shape index (κ2) is 7.07. The van der Waals surface area contributed by atoms with Crippen molar-refractivity contribution >= 4 is 33.6 Å². The van der Waals surface area contributed by atoms with E-state index in [4.69, 9.17) is 14.2 Å². The van der Waals surface area contributed by atoms with Crippen molar-refractivity contribution in [3.05, 3.63) is 46.3 Å². The van der Waals surface area contributed by atoms with Crippen LogP contribution in [0.2, 0.25) is 0 Å². The highest BCUT2D eigenvalue weighted by molar-refractivity contribution is 7.19. The third kappa shape index (κ3) is 3.42. The van der Waals surface area contributed by atoms with Gasteiger partial charge in [0.25, 0.3) is 0 Å². The summed E-state index contributed by atoms with van der Waals surface area (Å²) >= 11 is 1.67. The van der Waals surface area contributed by atoms with Crippen molar-refractivity contribution in [3.63, 3.8) is 0 Å². The molecule has 0 atom stereocenters. The van der Waals surface area contributed by atoms with E-state index >= 15 is 0 Å². The standard InChI is InChI=1S/C20H20O4S/c1-12-7-15-16(21)8-13(11-19(15)25-12)5-6-14-9-17(22-2)20(24-4)18(10-14)23-3/h5-11,21H,1-4H3/b6-5-. The van der Waals surface area contributed by atoms with E-state index in [-0.39, 0.29) is 0 Å². The van der Waals surface area contributed by atoms with E-state index in [1.807, 2.05) is 37.3 Å². The van der Waals surface area contributed by atoms with Crippen LogP contribution in [0.5, 0.6) is 23.0 Å². The molecule has 25 heavy (non-hydrogen) atoms. The van der Waals surface area contributed by atoms with Gasteiger partial charge in [-0.15, -0.1) is 11.3 Å². The highest BCUT2D eigenvalue weighted by atomic mass is 32.1. The lowest BCUT2D eigenvalue weighted by atomic mass is 10.1. The summed E-state index contributed by atoms with van der Waals surface area (Å²) in [5.74, 6) is 2.07. The molecule has 0 bridgehead atoms. The van der Waals surface area contributed by atoms with E-state index < -0.39 is 0 Å². The fourth-order valence-corrected chi connectivity index (χ4v) is 3.75. The maximum Gasteiger partial charge on any atom is 0.203 e. The summed E-state index contributed by atoms with van der Waals surface area (Å²) in [5, 5.41) is 11.1. The highest BCUT2D eigenvalue weighted by Crippen LogP contribution is 2.39. The first-order valence-corrected chi connectivity index (χ1v) is 8.58. The van der Waals surface area contributed by atoms with Crippen molar-refractivity contribution in [2.24, 2.45) is 0 Å². The van der Waals surface area contributed by atoms with Gasteiger partial charge in [0.1, 0.15) is 5.75 Å². The second-order valence-corrected chi connectivity index (χ2v) is 6.89. The number of rotatable bonds is 5. The Hall–Kier alpha value is -2.66. The van der Waals surface area contributed by atoms with Gasteiger partial charge in [0.2, 0.25) is 5.75 Å². The molecule has 0 unspecified atom stereocenters. The SMILES string of the molecule is COc1cc(/C=C\c2cc(O)c3cc(C)sc3c2)cc(OC)c1OC. The Morgan fingerprint density at radius 3 is 2.00 bits per heavy atom. The van der Waals surface area contributed by atoms with Gasteiger partial charge >= 0.3 is 0 Å². The van der Waals surface area contributed by atoms with Gasteiger partial charge in [-0.3, -0.25) is 0 Å². The van der Waals surface area contributed by atoms with Crippen LogP contribution in [0, 0.1) is 6.92 Å². The van der Waals surface area contributed by atoms with Crippen molar-refractivity contribution in [2.45, 2.75) is 6.92 Å². The number of hydrogen-bond acceptors (Lipinski definition) is 5. The first-order chi connectivity index (χ1) is 12.0. The largest absolute Gasteiger partial charge is 0.507 e. The molecule has 3 rings (SSSR count). The monoisotopic (exact) mass is 356 g/mol. The van der Waals surface area contributed by atoms with E-state index in [2.05, 4.69) is 6.07 Å². The summed E-state index contributed by atoms with van der Waals surface area (Å²) in [5.41, 5.74) is 1.84. The summed E-state index contributed by atoms with van der Waals surface area (Å²) in [6.45, 7) is 2.04. The van der Waals surface area contributed by atoms with Gasteiger partial charge in [-0.05, 0) is 48.4 Å². The van der Waals surface area contributed by atoms with Crippen LogP contribution in [0.15, 0.2) is 30.3 Å². The zero-order chi connectivity index (χ0) is 18.0. The molecule has 0 saturated heterocycles. The zero-order valence-electron chi connectivity index (χ0n) is 14.6. The number of aromatic hydroxyl groups is 1. The molecule has 0 aliphatic carbocycles. The predicted molar refractivity (Wildman–Crippen MR) is 103 cm³/mol. The lowest BCUT2D eigenvalue weighted by molar-refractivity contribution is 0.324. The predicted octanol–water partition coefficient (Wildman–Crippen LogP) is 5.11. The lowest BCUT2D eigenvalue weighted by Gasteiger charge is -2.12. The van der Waals surface area contributed by atoms with Crippen LogP contribution in [0.1, 0.15) is 16.0 Å². The average Bonchev–Trinajstić information content (AvgIpc) is 2.99. The molecular formula is C20H20O4S. The number of fused-ring (bicyclic) bond motifs is 1. The Kier molecular flexibility index (Phi) is 4.86. The second-order valence-electron chi connectivity index (χ2n) is 5.60. The fourth-order valence-electron chi connectivity index (χ4n) is 2.75. The number of ether oxygens (including phenoxy) is 3. The minimum atomic E-state index is 0.298. The molecule has 0 aliphatic rings.